The first-order valence-corrected chi connectivity index (χ1v) is 14.0. The molecule has 0 spiro atoms. The van der Waals surface area contributed by atoms with Gasteiger partial charge in [0.1, 0.15) is 0 Å². The fourth-order valence-electron chi connectivity index (χ4n) is 5.27. The van der Waals surface area contributed by atoms with E-state index in [0.717, 1.165) is 55.4 Å². The molecule has 0 saturated heterocycles. The molecular weight excluding hydrogens is 520 g/mol. The molecule has 0 aliphatic carbocycles. The number of carbonyl (C=O) groups is 2. The second kappa shape index (κ2) is 11.6. The van der Waals surface area contributed by atoms with Gasteiger partial charge in [0.15, 0.2) is 0 Å². The monoisotopic (exact) mass is 550 g/mol. The molecule has 6 rings (SSSR count). The summed E-state index contributed by atoms with van der Waals surface area (Å²) >= 11 is 0. The van der Waals surface area contributed by atoms with Crippen LogP contribution >= 0.6 is 0 Å². The van der Waals surface area contributed by atoms with E-state index in [4.69, 9.17) is 9.97 Å². The molecule has 0 bridgehead atoms. The third-order valence-electron chi connectivity index (χ3n) is 7.46. The highest BCUT2D eigenvalue weighted by Gasteiger charge is 2.17. The molecule has 0 radical (unpaired) electrons. The van der Waals surface area contributed by atoms with Crippen LogP contribution < -0.4 is 10.6 Å². The molecule has 0 fully saturated rings. The minimum absolute atomic E-state index is 0.214. The van der Waals surface area contributed by atoms with E-state index >= 15 is 0 Å². The first-order valence-electron chi connectivity index (χ1n) is 14.0. The van der Waals surface area contributed by atoms with Gasteiger partial charge in [0.05, 0.1) is 33.5 Å². The average Bonchev–Trinajstić information content (AvgIpc) is 3.02. The molecule has 0 atom stereocenters. The summed E-state index contributed by atoms with van der Waals surface area (Å²) in [5.41, 5.74) is 8.25. The van der Waals surface area contributed by atoms with E-state index in [1.807, 2.05) is 123 Å². The fraction of sp³-hybridized carbons (Fsp3) is 0.111. The number of rotatable bonds is 7. The van der Waals surface area contributed by atoms with Crippen LogP contribution in [0, 0.1) is 13.8 Å². The second-order valence-corrected chi connectivity index (χ2v) is 10.3. The molecule has 206 valence electrons. The number of nitrogens with zero attached hydrogens (tertiary/aromatic N) is 2. The number of hydrogen-bond acceptors (Lipinski definition) is 4. The summed E-state index contributed by atoms with van der Waals surface area (Å²) in [6.07, 6.45) is 0. The van der Waals surface area contributed by atoms with Gasteiger partial charge in [0.2, 0.25) is 0 Å². The number of hydrogen-bond donors (Lipinski definition) is 2. The molecule has 2 aromatic heterocycles. The highest BCUT2D eigenvalue weighted by Crippen LogP contribution is 2.28. The summed E-state index contributed by atoms with van der Waals surface area (Å²) in [6.45, 7) is 4.61. The predicted octanol–water partition coefficient (Wildman–Crippen LogP) is 6.89. The van der Waals surface area contributed by atoms with Crippen LogP contribution in [0.3, 0.4) is 0 Å². The molecule has 0 aliphatic rings. The normalized spacial score (nSPS) is 11.0. The van der Waals surface area contributed by atoms with Gasteiger partial charge in [-0.1, -0.05) is 84.9 Å². The molecule has 6 nitrogen and oxygen atoms in total. The maximum atomic E-state index is 13.4. The summed E-state index contributed by atoms with van der Waals surface area (Å²) in [6, 6.07) is 35.0. The van der Waals surface area contributed by atoms with E-state index in [1.54, 1.807) is 0 Å². The lowest BCUT2D eigenvalue weighted by Gasteiger charge is -2.13. The van der Waals surface area contributed by atoms with E-state index in [2.05, 4.69) is 10.6 Å². The zero-order valence-corrected chi connectivity index (χ0v) is 23.5. The number of nitrogens with one attached hydrogen (secondary N) is 2. The highest BCUT2D eigenvalue weighted by atomic mass is 16.2. The van der Waals surface area contributed by atoms with Crippen molar-refractivity contribution in [1.29, 1.82) is 0 Å². The summed E-state index contributed by atoms with van der Waals surface area (Å²) < 4.78 is 0. The molecule has 0 saturated carbocycles. The minimum atomic E-state index is -0.214. The predicted molar refractivity (Wildman–Crippen MR) is 168 cm³/mol. The molecule has 42 heavy (non-hydrogen) atoms. The van der Waals surface area contributed by atoms with E-state index in [1.165, 1.54) is 0 Å². The largest absolute Gasteiger partial charge is 0.350 e. The van der Waals surface area contributed by atoms with Gasteiger partial charge < -0.3 is 10.6 Å². The summed E-state index contributed by atoms with van der Waals surface area (Å²) in [4.78, 5) is 36.4. The molecule has 2 N–H and O–H groups in total. The van der Waals surface area contributed by atoms with Crippen molar-refractivity contribution < 1.29 is 9.59 Å². The van der Waals surface area contributed by atoms with Crippen molar-refractivity contribution >= 4 is 33.6 Å². The zero-order chi connectivity index (χ0) is 29.1. The highest BCUT2D eigenvalue weighted by molar-refractivity contribution is 6.08. The number of amides is 2. The fourth-order valence-corrected chi connectivity index (χ4v) is 5.27. The van der Waals surface area contributed by atoms with Crippen LogP contribution in [-0.2, 0) is 0 Å². The lowest BCUT2D eigenvalue weighted by atomic mass is 10.0. The summed E-state index contributed by atoms with van der Waals surface area (Å²) in [5, 5.41) is 7.52. The van der Waals surface area contributed by atoms with Crippen LogP contribution in [0.5, 0.6) is 0 Å². The Labute approximate surface area is 244 Å². The molecule has 2 amide bonds. The van der Waals surface area contributed by atoms with Gasteiger partial charge in [-0.3, -0.25) is 9.59 Å². The van der Waals surface area contributed by atoms with Crippen LogP contribution in [0.4, 0.5) is 0 Å². The Bertz CT molecular complexity index is 1820. The Morgan fingerprint density at radius 3 is 1.36 bits per heavy atom. The third kappa shape index (κ3) is 5.34. The van der Waals surface area contributed by atoms with Gasteiger partial charge in [0, 0.05) is 35.0 Å². The van der Waals surface area contributed by atoms with Crippen LogP contribution in [0.1, 0.15) is 31.8 Å². The van der Waals surface area contributed by atoms with Crippen molar-refractivity contribution in [1.82, 2.24) is 20.6 Å². The Kier molecular flexibility index (Phi) is 7.43. The van der Waals surface area contributed by atoms with E-state index in [-0.39, 0.29) is 24.9 Å². The Morgan fingerprint density at radius 1 is 0.548 bits per heavy atom. The van der Waals surface area contributed by atoms with Crippen LogP contribution in [0.15, 0.2) is 109 Å². The van der Waals surface area contributed by atoms with Gasteiger partial charge in [0.25, 0.3) is 11.8 Å². The molecule has 6 aromatic rings. The van der Waals surface area contributed by atoms with E-state index in [9.17, 15) is 9.59 Å². The van der Waals surface area contributed by atoms with Crippen LogP contribution in [-0.4, -0.2) is 34.9 Å². The van der Waals surface area contributed by atoms with Crippen molar-refractivity contribution in [2.75, 3.05) is 13.1 Å². The number of carbonyl (C=O) groups excluding carboxylic acids is 2. The number of para-hydroxylation sites is 2. The Morgan fingerprint density at radius 2 is 0.929 bits per heavy atom. The quantitative estimate of drug-likeness (QED) is 0.212. The molecule has 0 unspecified atom stereocenters. The Hall–Kier alpha value is -5.36. The standard InChI is InChI=1S/C36H30N4O2/c1-23-11-3-5-13-25(23)33-21-29(27-15-7-9-17-31(27)39-33)35(41)37-19-20-38-36(42)30-22-34(26-14-6-4-12-24(26)2)40-32-18-10-8-16-28(30)32/h3-18,21-22H,19-20H2,1-2H3,(H,37,41)(H,38,42). The van der Waals surface area contributed by atoms with Crippen molar-refractivity contribution in [3.8, 4) is 22.5 Å². The lowest BCUT2D eigenvalue weighted by molar-refractivity contribution is 0.0929. The molecule has 0 aliphatic heterocycles. The van der Waals surface area contributed by atoms with Gasteiger partial charge in [-0.2, -0.15) is 0 Å². The number of pyridine rings is 2. The first kappa shape index (κ1) is 26.8. The van der Waals surface area contributed by atoms with Gasteiger partial charge >= 0.3 is 0 Å². The maximum Gasteiger partial charge on any atom is 0.252 e. The van der Waals surface area contributed by atoms with Crippen molar-refractivity contribution in [3.63, 3.8) is 0 Å². The Balaban J connectivity index is 1.20. The van der Waals surface area contributed by atoms with E-state index < -0.39 is 0 Å². The van der Waals surface area contributed by atoms with Gasteiger partial charge in [-0.25, -0.2) is 9.97 Å². The number of aryl methyl sites for hydroxylation is 2. The van der Waals surface area contributed by atoms with Crippen LogP contribution in [0.25, 0.3) is 44.3 Å². The van der Waals surface area contributed by atoms with E-state index in [0.29, 0.717) is 11.1 Å². The molecule has 6 heteroatoms. The minimum Gasteiger partial charge on any atom is -0.350 e. The van der Waals surface area contributed by atoms with Gasteiger partial charge in [-0.15, -0.1) is 0 Å². The summed E-state index contributed by atoms with van der Waals surface area (Å²) in [5.74, 6) is -0.428. The number of fused-ring (bicyclic) bond motifs is 2. The van der Waals surface area contributed by atoms with Crippen molar-refractivity contribution in [2.24, 2.45) is 0 Å². The van der Waals surface area contributed by atoms with Gasteiger partial charge in [-0.05, 0) is 49.2 Å². The molecule has 4 aromatic carbocycles. The van der Waals surface area contributed by atoms with Crippen LogP contribution in [0.2, 0.25) is 0 Å². The smallest absolute Gasteiger partial charge is 0.252 e. The summed E-state index contributed by atoms with van der Waals surface area (Å²) in [7, 11) is 0. The zero-order valence-electron chi connectivity index (χ0n) is 23.5. The van der Waals surface area contributed by atoms with Crippen molar-refractivity contribution in [3.05, 3.63) is 131 Å². The second-order valence-electron chi connectivity index (χ2n) is 10.3. The third-order valence-corrected chi connectivity index (χ3v) is 7.46. The molecule has 2 heterocycles. The lowest BCUT2D eigenvalue weighted by Crippen LogP contribution is -2.35. The topological polar surface area (TPSA) is 84.0 Å². The number of aromatic nitrogens is 2. The molecular formula is C36H30N4O2. The van der Waals surface area contributed by atoms with Crippen molar-refractivity contribution in [2.45, 2.75) is 13.8 Å². The maximum absolute atomic E-state index is 13.4. The first-order chi connectivity index (χ1) is 20.5. The average molecular weight is 551 g/mol. The SMILES string of the molecule is Cc1ccccc1-c1cc(C(=O)NCCNC(=O)c2cc(-c3ccccc3C)nc3ccccc23)c2ccccc2n1. The number of benzene rings is 4.